The maximum atomic E-state index is 13.2. The topological polar surface area (TPSA) is 49.7 Å². The molecule has 1 unspecified atom stereocenters. The van der Waals surface area contributed by atoms with E-state index >= 15 is 0 Å². The van der Waals surface area contributed by atoms with Gasteiger partial charge in [0.1, 0.15) is 0 Å². The molecule has 1 aromatic rings. The van der Waals surface area contributed by atoms with Crippen LogP contribution in [0.4, 0.5) is 13.2 Å². The van der Waals surface area contributed by atoms with Crippen LogP contribution in [-0.4, -0.2) is 22.8 Å². The standard InChI is InChI=1S/C19H29F3O3/c1-2-3-4-5-6-7-8-9-15(25-19(23)24)11-10-14-12-16(20)18(22)17(21)13-14/h12-13,15,19,23-24H,2-11H2,1H3. The first-order valence-corrected chi connectivity index (χ1v) is 9.09. The molecule has 0 heterocycles. The van der Waals surface area contributed by atoms with Crippen LogP contribution in [0, 0.1) is 17.5 Å². The van der Waals surface area contributed by atoms with Crippen molar-refractivity contribution >= 4 is 0 Å². The Labute approximate surface area is 147 Å². The fourth-order valence-corrected chi connectivity index (χ4v) is 2.86. The molecule has 1 rings (SSSR count). The van der Waals surface area contributed by atoms with Crippen molar-refractivity contribution in [1.82, 2.24) is 0 Å². The zero-order valence-corrected chi connectivity index (χ0v) is 14.8. The lowest BCUT2D eigenvalue weighted by molar-refractivity contribution is -0.257. The van der Waals surface area contributed by atoms with Crippen LogP contribution in [-0.2, 0) is 11.2 Å². The largest absolute Gasteiger partial charge is 0.346 e. The molecule has 0 aliphatic rings. The number of hydrogen-bond acceptors (Lipinski definition) is 3. The number of halogens is 3. The van der Waals surface area contributed by atoms with Gasteiger partial charge in [-0.1, -0.05) is 51.9 Å². The first-order valence-electron chi connectivity index (χ1n) is 9.09. The lowest BCUT2D eigenvalue weighted by Gasteiger charge is -2.19. The van der Waals surface area contributed by atoms with Gasteiger partial charge in [0.25, 0.3) is 6.48 Å². The summed E-state index contributed by atoms with van der Waals surface area (Å²) in [5.41, 5.74) is 0.317. The molecule has 144 valence electrons. The van der Waals surface area contributed by atoms with Crippen LogP contribution in [0.1, 0.15) is 70.3 Å². The normalized spacial score (nSPS) is 12.8. The van der Waals surface area contributed by atoms with E-state index in [2.05, 4.69) is 6.92 Å². The van der Waals surface area contributed by atoms with Crippen molar-refractivity contribution < 1.29 is 28.1 Å². The third-order valence-corrected chi connectivity index (χ3v) is 4.24. The van der Waals surface area contributed by atoms with Crippen LogP contribution in [0.2, 0.25) is 0 Å². The van der Waals surface area contributed by atoms with Gasteiger partial charge in [-0.25, -0.2) is 13.2 Å². The summed E-state index contributed by atoms with van der Waals surface area (Å²) < 4.78 is 44.5. The molecule has 0 aliphatic carbocycles. The second-order valence-corrected chi connectivity index (χ2v) is 6.41. The molecule has 6 heteroatoms. The van der Waals surface area contributed by atoms with Crippen LogP contribution >= 0.6 is 0 Å². The van der Waals surface area contributed by atoms with Crippen LogP contribution in [0.25, 0.3) is 0 Å². The smallest absolute Gasteiger partial charge is 0.266 e. The number of hydrogen-bond donors (Lipinski definition) is 2. The molecule has 0 saturated heterocycles. The zero-order chi connectivity index (χ0) is 18.7. The Morgan fingerprint density at radius 1 is 0.880 bits per heavy atom. The molecule has 0 saturated carbocycles. The average molecular weight is 362 g/mol. The highest BCUT2D eigenvalue weighted by Gasteiger charge is 2.15. The number of benzene rings is 1. The van der Waals surface area contributed by atoms with Crippen LogP contribution < -0.4 is 0 Å². The predicted molar refractivity (Wildman–Crippen MR) is 90.3 cm³/mol. The summed E-state index contributed by atoms with van der Waals surface area (Å²) >= 11 is 0. The summed E-state index contributed by atoms with van der Waals surface area (Å²) in [6.45, 7) is 0.289. The van der Waals surface area contributed by atoms with Crippen LogP contribution in [0.15, 0.2) is 12.1 Å². The number of aryl methyl sites for hydroxylation is 1. The van der Waals surface area contributed by atoms with Crippen LogP contribution in [0.3, 0.4) is 0 Å². The van der Waals surface area contributed by atoms with Gasteiger partial charge in [0, 0.05) is 0 Å². The summed E-state index contributed by atoms with van der Waals surface area (Å²) in [6, 6.07) is 1.91. The van der Waals surface area contributed by atoms with Crippen molar-refractivity contribution in [3.8, 4) is 0 Å². The second kappa shape index (κ2) is 12.3. The fourth-order valence-electron chi connectivity index (χ4n) is 2.86. The first-order chi connectivity index (χ1) is 11.9. The summed E-state index contributed by atoms with van der Waals surface area (Å²) in [7, 11) is 0. The van der Waals surface area contributed by atoms with Crippen molar-refractivity contribution in [2.45, 2.75) is 83.7 Å². The van der Waals surface area contributed by atoms with Gasteiger partial charge in [-0.05, 0) is 37.0 Å². The fraction of sp³-hybridized carbons (Fsp3) is 0.684. The van der Waals surface area contributed by atoms with E-state index in [4.69, 9.17) is 14.9 Å². The molecule has 0 radical (unpaired) electrons. The van der Waals surface area contributed by atoms with Gasteiger partial charge < -0.3 is 14.9 Å². The summed E-state index contributed by atoms with van der Waals surface area (Å²) in [6.07, 6.45) is 8.76. The summed E-state index contributed by atoms with van der Waals surface area (Å²) in [5, 5.41) is 18.0. The SMILES string of the molecule is CCCCCCCCCC(CCc1cc(F)c(F)c(F)c1)OC(O)O. The van der Waals surface area contributed by atoms with E-state index in [1.54, 1.807) is 0 Å². The van der Waals surface area contributed by atoms with E-state index in [0.717, 1.165) is 31.4 Å². The Balaban J connectivity index is 2.40. The highest BCUT2D eigenvalue weighted by atomic mass is 19.2. The average Bonchev–Trinajstić information content (AvgIpc) is 2.55. The molecule has 1 aromatic carbocycles. The Bertz CT molecular complexity index is 472. The van der Waals surface area contributed by atoms with Crippen molar-refractivity contribution in [1.29, 1.82) is 0 Å². The summed E-state index contributed by atoms with van der Waals surface area (Å²) in [4.78, 5) is 0. The van der Waals surface area contributed by atoms with Crippen molar-refractivity contribution in [2.75, 3.05) is 0 Å². The molecule has 0 spiro atoms. The minimum Gasteiger partial charge on any atom is -0.346 e. The highest BCUT2D eigenvalue weighted by molar-refractivity contribution is 5.19. The molecule has 0 fully saturated rings. The molecule has 0 aromatic heterocycles. The number of unbranched alkanes of at least 4 members (excludes halogenated alkanes) is 6. The molecule has 0 amide bonds. The lowest BCUT2D eigenvalue weighted by atomic mass is 10.0. The van der Waals surface area contributed by atoms with Gasteiger partial charge in [0.05, 0.1) is 6.10 Å². The van der Waals surface area contributed by atoms with Gasteiger partial charge in [-0.15, -0.1) is 0 Å². The van der Waals surface area contributed by atoms with Gasteiger partial charge in [0.2, 0.25) is 0 Å². The Morgan fingerprint density at radius 3 is 2.00 bits per heavy atom. The number of ether oxygens (including phenoxy) is 1. The first kappa shape index (κ1) is 21.9. The van der Waals surface area contributed by atoms with Gasteiger partial charge >= 0.3 is 0 Å². The predicted octanol–water partition coefficient (Wildman–Crippen LogP) is 4.83. The highest BCUT2D eigenvalue weighted by Crippen LogP contribution is 2.19. The number of rotatable bonds is 13. The molecular weight excluding hydrogens is 333 g/mol. The second-order valence-electron chi connectivity index (χ2n) is 6.41. The Morgan fingerprint density at radius 2 is 1.44 bits per heavy atom. The molecule has 2 N–H and O–H groups in total. The molecule has 0 aliphatic heterocycles. The van der Waals surface area contributed by atoms with Crippen molar-refractivity contribution in [3.05, 3.63) is 35.1 Å². The molecular formula is C19H29F3O3. The van der Waals surface area contributed by atoms with Gasteiger partial charge in [-0.2, -0.15) is 0 Å². The minimum atomic E-state index is -1.88. The minimum absolute atomic E-state index is 0.266. The van der Waals surface area contributed by atoms with E-state index in [9.17, 15) is 13.2 Å². The lowest BCUT2D eigenvalue weighted by Crippen LogP contribution is -2.22. The summed E-state index contributed by atoms with van der Waals surface area (Å²) in [5.74, 6) is -3.92. The molecule has 3 nitrogen and oxygen atoms in total. The van der Waals surface area contributed by atoms with Gasteiger partial charge in [0.15, 0.2) is 17.5 Å². The van der Waals surface area contributed by atoms with Crippen molar-refractivity contribution in [3.63, 3.8) is 0 Å². The zero-order valence-electron chi connectivity index (χ0n) is 14.8. The maximum absolute atomic E-state index is 13.2. The van der Waals surface area contributed by atoms with E-state index in [1.165, 1.54) is 25.7 Å². The molecule has 25 heavy (non-hydrogen) atoms. The van der Waals surface area contributed by atoms with Crippen LogP contribution in [0.5, 0.6) is 0 Å². The quantitative estimate of drug-likeness (QED) is 0.300. The van der Waals surface area contributed by atoms with Gasteiger partial charge in [-0.3, -0.25) is 0 Å². The Kier molecular flexibility index (Phi) is 10.8. The van der Waals surface area contributed by atoms with E-state index in [1.807, 2.05) is 0 Å². The third kappa shape index (κ3) is 9.23. The number of aliphatic hydroxyl groups is 2. The Hall–Kier alpha value is -1.11. The third-order valence-electron chi connectivity index (χ3n) is 4.24. The van der Waals surface area contributed by atoms with E-state index < -0.39 is 30.0 Å². The van der Waals surface area contributed by atoms with E-state index in [0.29, 0.717) is 18.4 Å². The maximum Gasteiger partial charge on any atom is 0.266 e. The molecule has 0 bridgehead atoms. The number of aliphatic hydroxyl groups excluding tert-OH is 1. The van der Waals surface area contributed by atoms with E-state index in [-0.39, 0.29) is 6.42 Å². The molecule has 1 atom stereocenters. The monoisotopic (exact) mass is 362 g/mol. The van der Waals surface area contributed by atoms with Crippen molar-refractivity contribution in [2.24, 2.45) is 0 Å².